The van der Waals surface area contributed by atoms with Crippen molar-refractivity contribution in [1.29, 1.82) is 10.5 Å². The summed E-state index contributed by atoms with van der Waals surface area (Å²) in [5.74, 6) is 5.27. The maximum absolute atomic E-state index is 8.78. The second-order valence-corrected chi connectivity index (χ2v) is 4.00. The van der Waals surface area contributed by atoms with Crippen LogP contribution in [0.5, 0.6) is 0 Å². The summed E-state index contributed by atoms with van der Waals surface area (Å²) in [5.41, 5.74) is 2.49. The van der Waals surface area contributed by atoms with Gasteiger partial charge in [0.1, 0.15) is 12.1 Å². The molecule has 86 valence electrons. The molecule has 1 rings (SSSR count). The molecule has 1 aromatic carbocycles. The highest BCUT2D eigenvalue weighted by Crippen LogP contribution is 2.35. The number of rotatable bonds is 2. The van der Waals surface area contributed by atoms with E-state index in [1.807, 2.05) is 0 Å². The lowest BCUT2D eigenvalue weighted by Gasteiger charge is -2.10. The molecule has 0 heterocycles. The van der Waals surface area contributed by atoms with Gasteiger partial charge >= 0.3 is 0 Å². The van der Waals surface area contributed by atoms with Gasteiger partial charge in [-0.05, 0) is 12.1 Å². The fourth-order valence-corrected chi connectivity index (χ4v) is 1.77. The van der Waals surface area contributed by atoms with Crippen LogP contribution in [0.1, 0.15) is 5.56 Å². The van der Waals surface area contributed by atoms with Crippen LogP contribution >= 0.6 is 34.8 Å². The number of nitrogens with two attached hydrogens (primary N) is 1. The van der Waals surface area contributed by atoms with Crippen LogP contribution in [0.25, 0.3) is 5.70 Å². The van der Waals surface area contributed by atoms with Gasteiger partial charge in [0.2, 0.25) is 0 Å². The molecule has 0 saturated heterocycles. The van der Waals surface area contributed by atoms with Gasteiger partial charge in [0.05, 0.1) is 20.8 Å². The molecule has 0 spiro atoms. The van der Waals surface area contributed by atoms with Crippen molar-refractivity contribution in [3.05, 3.63) is 38.3 Å². The van der Waals surface area contributed by atoms with Crippen molar-refractivity contribution in [2.45, 2.75) is 0 Å². The molecular formula is C10H5Cl3N4. The largest absolute Gasteiger partial charge is 0.322 e. The van der Waals surface area contributed by atoms with Crippen molar-refractivity contribution in [3.63, 3.8) is 0 Å². The number of hydrogen-bond acceptors (Lipinski definition) is 4. The fraction of sp³-hybridized carbons (Fsp3) is 0. The summed E-state index contributed by atoms with van der Waals surface area (Å²) in [6, 6.07) is 6.42. The van der Waals surface area contributed by atoms with Crippen molar-refractivity contribution in [2.75, 3.05) is 0 Å². The standard InChI is InChI=1S/C10H5Cl3N4/c11-7-2-1-6(8(12)9(7)13)10(17-16)5(3-14)4-15/h1-2,17H,16H2. The van der Waals surface area contributed by atoms with E-state index in [4.69, 9.17) is 51.2 Å². The topological polar surface area (TPSA) is 85.6 Å². The molecule has 7 heteroatoms. The quantitative estimate of drug-likeness (QED) is 0.379. The van der Waals surface area contributed by atoms with E-state index in [9.17, 15) is 0 Å². The predicted octanol–water partition coefficient (Wildman–Crippen LogP) is 2.87. The molecule has 0 unspecified atom stereocenters. The summed E-state index contributed by atoms with van der Waals surface area (Å²) in [6.45, 7) is 0. The number of nitrogens with one attached hydrogen (secondary N) is 1. The Hall–Kier alpha value is -1.43. The number of benzene rings is 1. The number of nitriles is 2. The van der Waals surface area contributed by atoms with Crippen molar-refractivity contribution in [2.24, 2.45) is 5.84 Å². The van der Waals surface area contributed by atoms with Gasteiger partial charge < -0.3 is 5.43 Å². The van der Waals surface area contributed by atoms with Crippen LogP contribution in [-0.2, 0) is 0 Å². The van der Waals surface area contributed by atoms with Crippen LogP contribution in [0.3, 0.4) is 0 Å². The summed E-state index contributed by atoms with van der Waals surface area (Å²) in [6.07, 6.45) is 0. The molecule has 0 fully saturated rings. The molecule has 0 atom stereocenters. The average molecular weight is 288 g/mol. The first kappa shape index (κ1) is 13.6. The first-order chi connectivity index (χ1) is 8.06. The zero-order valence-electron chi connectivity index (χ0n) is 8.26. The summed E-state index contributed by atoms with van der Waals surface area (Å²) in [7, 11) is 0. The number of hydrazine groups is 1. The molecule has 0 aromatic heterocycles. The summed E-state index contributed by atoms with van der Waals surface area (Å²) < 4.78 is 0. The number of hydrogen-bond donors (Lipinski definition) is 2. The van der Waals surface area contributed by atoms with Gasteiger partial charge in [0.15, 0.2) is 5.57 Å². The van der Waals surface area contributed by atoms with Crippen molar-refractivity contribution in [1.82, 2.24) is 5.43 Å². The van der Waals surface area contributed by atoms with E-state index in [1.165, 1.54) is 12.1 Å². The number of allylic oxidation sites excluding steroid dienone is 1. The molecular weight excluding hydrogens is 282 g/mol. The van der Waals surface area contributed by atoms with Gasteiger partial charge in [-0.25, -0.2) is 0 Å². The minimum atomic E-state index is -0.201. The van der Waals surface area contributed by atoms with Crippen molar-refractivity contribution >= 4 is 40.5 Å². The SMILES string of the molecule is N#CC(C#N)=C(NN)c1ccc(Cl)c(Cl)c1Cl. The Morgan fingerprint density at radius 2 is 1.71 bits per heavy atom. The first-order valence-corrected chi connectivity index (χ1v) is 5.35. The highest BCUT2D eigenvalue weighted by Gasteiger charge is 2.15. The normalized spacial score (nSPS) is 9.06. The highest BCUT2D eigenvalue weighted by atomic mass is 35.5. The predicted molar refractivity (Wildman–Crippen MR) is 66.9 cm³/mol. The molecule has 17 heavy (non-hydrogen) atoms. The highest BCUT2D eigenvalue weighted by molar-refractivity contribution is 6.48. The van der Waals surface area contributed by atoms with Gasteiger partial charge in [-0.15, -0.1) is 0 Å². The Kier molecular flexibility index (Phi) is 4.62. The lowest BCUT2D eigenvalue weighted by Crippen LogP contribution is -2.21. The van der Waals surface area contributed by atoms with E-state index in [1.54, 1.807) is 12.1 Å². The fourth-order valence-electron chi connectivity index (χ4n) is 1.14. The molecule has 0 aliphatic heterocycles. The van der Waals surface area contributed by atoms with E-state index < -0.39 is 0 Å². The van der Waals surface area contributed by atoms with Crippen molar-refractivity contribution < 1.29 is 0 Å². The van der Waals surface area contributed by atoms with E-state index in [0.717, 1.165) is 0 Å². The molecule has 0 saturated carbocycles. The number of halogens is 3. The second-order valence-electron chi connectivity index (χ2n) is 2.84. The Balaban J connectivity index is 3.55. The van der Waals surface area contributed by atoms with Gasteiger partial charge in [-0.3, -0.25) is 5.84 Å². The Morgan fingerprint density at radius 1 is 1.12 bits per heavy atom. The molecule has 1 aromatic rings. The molecule has 0 aliphatic carbocycles. The average Bonchev–Trinajstić information content (AvgIpc) is 2.34. The van der Waals surface area contributed by atoms with Crippen molar-refractivity contribution in [3.8, 4) is 12.1 Å². The monoisotopic (exact) mass is 286 g/mol. The zero-order chi connectivity index (χ0) is 13.0. The van der Waals surface area contributed by atoms with Crippen LogP contribution in [0, 0.1) is 22.7 Å². The number of nitrogens with zero attached hydrogens (tertiary/aromatic N) is 2. The summed E-state index contributed by atoms with van der Waals surface area (Å²) in [4.78, 5) is 0. The van der Waals surface area contributed by atoms with Gasteiger partial charge in [0, 0.05) is 5.56 Å². The third kappa shape index (κ3) is 2.63. The minimum Gasteiger partial charge on any atom is -0.322 e. The minimum absolute atomic E-state index is 0.0959. The van der Waals surface area contributed by atoms with Gasteiger partial charge in [-0.2, -0.15) is 10.5 Å². The van der Waals surface area contributed by atoms with Crippen LogP contribution in [0.15, 0.2) is 17.7 Å². The summed E-state index contributed by atoms with van der Waals surface area (Å²) >= 11 is 17.6. The lowest BCUT2D eigenvalue weighted by atomic mass is 10.1. The molecule has 4 nitrogen and oxygen atoms in total. The molecule has 0 amide bonds. The second kappa shape index (κ2) is 5.77. The maximum Gasteiger partial charge on any atom is 0.154 e. The Bertz CT molecular complexity index is 550. The van der Waals surface area contributed by atoms with E-state index in [2.05, 4.69) is 5.43 Å². The maximum atomic E-state index is 8.78. The summed E-state index contributed by atoms with van der Waals surface area (Å²) in [5, 5.41) is 18.1. The van der Waals surface area contributed by atoms with Gasteiger partial charge in [0.25, 0.3) is 0 Å². The van der Waals surface area contributed by atoms with Gasteiger partial charge in [-0.1, -0.05) is 34.8 Å². The third-order valence-electron chi connectivity index (χ3n) is 1.92. The first-order valence-electron chi connectivity index (χ1n) is 4.21. The third-order valence-corrected chi connectivity index (χ3v) is 3.22. The smallest absolute Gasteiger partial charge is 0.154 e. The zero-order valence-corrected chi connectivity index (χ0v) is 10.5. The van der Waals surface area contributed by atoms with E-state index >= 15 is 0 Å². The molecule has 3 N–H and O–H groups in total. The molecule has 0 bridgehead atoms. The van der Waals surface area contributed by atoms with Crippen LogP contribution < -0.4 is 11.3 Å². The van der Waals surface area contributed by atoms with Crippen LogP contribution in [-0.4, -0.2) is 0 Å². The lowest BCUT2D eigenvalue weighted by molar-refractivity contribution is 0.987. The Morgan fingerprint density at radius 3 is 2.18 bits per heavy atom. The molecule has 0 radical (unpaired) electrons. The van der Waals surface area contributed by atoms with E-state index in [0.29, 0.717) is 5.56 Å². The Labute approximate surface area is 113 Å². The van der Waals surface area contributed by atoms with E-state index in [-0.39, 0.29) is 26.3 Å². The molecule has 0 aliphatic rings. The van der Waals surface area contributed by atoms with Crippen LogP contribution in [0.2, 0.25) is 15.1 Å². The van der Waals surface area contributed by atoms with Crippen LogP contribution in [0.4, 0.5) is 0 Å².